The summed E-state index contributed by atoms with van der Waals surface area (Å²) in [5.41, 5.74) is 0. The lowest BCUT2D eigenvalue weighted by atomic mass is 10.3. The van der Waals surface area contributed by atoms with E-state index in [1.165, 1.54) is 0 Å². The second-order valence-electron chi connectivity index (χ2n) is 10.5. The maximum absolute atomic E-state index is 12.9. The first-order chi connectivity index (χ1) is 25.2. The zero-order chi connectivity index (χ0) is 37.1. The Morgan fingerprint density at radius 1 is 0.490 bits per heavy atom. The molecule has 0 aliphatic carbocycles. The number of hydrogen-bond donors (Lipinski definition) is 3. The Morgan fingerprint density at radius 2 is 0.882 bits per heavy atom. The first kappa shape index (κ1) is 48.6. The van der Waals surface area contributed by atoms with Gasteiger partial charge in [0.25, 0.3) is 0 Å². The van der Waals surface area contributed by atoms with Crippen molar-refractivity contribution in [1.29, 1.82) is 0 Å². The van der Waals surface area contributed by atoms with Crippen LogP contribution in [0.25, 0.3) is 0 Å². The van der Waals surface area contributed by atoms with Crippen LogP contribution in [0, 0.1) is 0 Å². The highest BCUT2D eigenvalue weighted by Gasteiger charge is 2.13. The van der Waals surface area contributed by atoms with E-state index in [2.05, 4.69) is 16.0 Å². The number of rotatable bonds is 43. The number of carbonyl (C=O) groups is 4. The van der Waals surface area contributed by atoms with Gasteiger partial charge < -0.3 is 73.0 Å². The highest BCUT2D eigenvalue weighted by atomic mass is 16.6. The molecular formula is C33H64N4O14. The van der Waals surface area contributed by atoms with Crippen LogP contribution in [0.4, 0.5) is 0 Å². The fourth-order valence-corrected chi connectivity index (χ4v) is 3.78. The van der Waals surface area contributed by atoms with Crippen molar-refractivity contribution in [2.75, 3.05) is 172 Å². The Bertz CT molecular complexity index is 788. The lowest BCUT2D eigenvalue weighted by Crippen LogP contribution is -2.37. The summed E-state index contributed by atoms with van der Waals surface area (Å²) in [5, 5.41) is 8.19. The van der Waals surface area contributed by atoms with Crippen LogP contribution < -0.4 is 16.0 Å². The topological polar surface area (TPSA) is 200 Å². The van der Waals surface area contributed by atoms with E-state index in [1.54, 1.807) is 4.90 Å². The highest BCUT2D eigenvalue weighted by molar-refractivity contribution is 5.78. The van der Waals surface area contributed by atoms with E-state index in [0.717, 1.165) is 6.54 Å². The SMILES string of the molecule is CNCCOCCOCCOCCOCCC(=O)N(CCOCCOCCOCCNC=O)CCOCCOCCOCCNC(=O)CCC=O. The average molecular weight is 741 g/mol. The summed E-state index contributed by atoms with van der Waals surface area (Å²) in [5.74, 6) is -0.248. The van der Waals surface area contributed by atoms with Gasteiger partial charge >= 0.3 is 0 Å². The maximum Gasteiger partial charge on any atom is 0.225 e. The van der Waals surface area contributed by atoms with E-state index < -0.39 is 0 Å². The molecule has 0 rings (SSSR count). The third-order valence-corrected chi connectivity index (χ3v) is 6.46. The summed E-state index contributed by atoms with van der Waals surface area (Å²) in [6.07, 6.45) is 1.95. The van der Waals surface area contributed by atoms with Crippen LogP contribution in [-0.2, 0) is 66.5 Å². The number of nitrogens with one attached hydrogen (secondary N) is 3. The van der Waals surface area contributed by atoms with Gasteiger partial charge in [-0.2, -0.15) is 0 Å². The van der Waals surface area contributed by atoms with Gasteiger partial charge in [0.05, 0.1) is 139 Å². The Labute approximate surface area is 303 Å². The number of hydrogen-bond acceptors (Lipinski definition) is 15. The molecule has 0 saturated heterocycles. The zero-order valence-corrected chi connectivity index (χ0v) is 30.6. The molecule has 0 aromatic carbocycles. The molecule has 0 unspecified atom stereocenters. The zero-order valence-electron chi connectivity index (χ0n) is 30.6. The predicted octanol–water partition coefficient (Wildman–Crippen LogP) is -1.57. The van der Waals surface area contributed by atoms with Gasteiger partial charge in [0.2, 0.25) is 18.2 Å². The normalized spacial score (nSPS) is 11.1. The molecule has 18 heteroatoms. The lowest BCUT2D eigenvalue weighted by Gasteiger charge is -2.23. The van der Waals surface area contributed by atoms with Crippen LogP contribution >= 0.6 is 0 Å². The molecule has 18 nitrogen and oxygen atoms in total. The molecule has 0 saturated carbocycles. The minimum absolute atomic E-state index is 0.0701. The molecule has 51 heavy (non-hydrogen) atoms. The number of aldehydes is 1. The summed E-state index contributed by atoms with van der Waals surface area (Å²) in [6, 6.07) is 0. The number of ether oxygens (including phenoxy) is 10. The molecule has 0 aliphatic heterocycles. The number of nitrogens with zero attached hydrogens (tertiary/aromatic N) is 1. The van der Waals surface area contributed by atoms with E-state index in [4.69, 9.17) is 47.4 Å². The van der Waals surface area contributed by atoms with Crippen molar-refractivity contribution in [3.05, 3.63) is 0 Å². The fraction of sp³-hybridized carbons (Fsp3) is 0.879. The van der Waals surface area contributed by atoms with Crippen molar-refractivity contribution in [3.8, 4) is 0 Å². The van der Waals surface area contributed by atoms with Crippen LogP contribution in [0.3, 0.4) is 0 Å². The molecule has 0 bridgehead atoms. The molecule has 0 spiro atoms. The molecule has 300 valence electrons. The monoisotopic (exact) mass is 740 g/mol. The van der Waals surface area contributed by atoms with Crippen molar-refractivity contribution in [2.45, 2.75) is 19.3 Å². The third-order valence-electron chi connectivity index (χ3n) is 6.46. The standard InChI is InChI=1S/C33H64N4O14/c1-34-5-12-43-18-24-51-30-29-48-23-17-42-11-4-33(41)37(8-15-46-21-27-49-25-19-44-13-6-35-31-39)9-16-47-22-28-50-26-20-45-14-7-36-32(40)3-2-10-38/h10,31,34H,2-9,11-30H2,1H3,(H,35,39)(H,36,40). The first-order valence-electron chi connectivity index (χ1n) is 17.7. The molecule has 0 atom stereocenters. The third kappa shape index (κ3) is 38.7. The largest absolute Gasteiger partial charge is 0.379 e. The van der Waals surface area contributed by atoms with Gasteiger partial charge in [-0.25, -0.2) is 0 Å². The number of likely N-dealkylation sites (N-methyl/N-ethyl adjacent to an activating group) is 1. The fourth-order valence-electron chi connectivity index (χ4n) is 3.78. The smallest absolute Gasteiger partial charge is 0.225 e. The lowest BCUT2D eigenvalue weighted by molar-refractivity contribution is -0.134. The minimum Gasteiger partial charge on any atom is -0.379 e. The molecule has 3 amide bonds. The minimum atomic E-state index is -0.178. The van der Waals surface area contributed by atoms with Crippen molar-refractivity contribution < 1.29 is 66.5 Å². The van der Waals surface area contributed by atoms with Gasteiger partial charge in [-0.1, -0.05) is 0 Å². The van der Waals surface area contributed by atoms with Gasteiger partial charge in [-0.05, 0) is 7.05 Å². The molecule has 0 aromatic rings. The predicted molar refractivity (Wildman–Crippen MR) is 186 cm³/mol. The second-order valence-corrected chi connectivity index (χ2v) is 10.5. The van der Waals surface area contributed by atoms with E-state index in [9.17, 15) is 19.2 Å². The molecule has 0 aliphatic rings. The van der Waals surface area contributed by atoms with E-state index in [1.807, 2.05) is 7.05 Å². The molecule has 0 heterocycles. The average Bonchev–Trinajstić information content (AvgIpc) is 3.13. The Balaban J connectivity index is 4.10. The maximum atomic E-state index is 12.9. The van der Waals surface area contributed by atoms with Crippen molar-refractivity contribution in [3.63, 3.8) is 0 Å². The summed E-state index contributed by atoms with van der Waals surface area (Å²) in [6.45, 7) is 10.7. The van der Waals surface area contributed by atoms with Gasteiger partial charge in [0.1, 0.15) is 6.29 Å². The summed E-state index contributed by atoms with van der Waals surface area (Å²) in [7, 11) is 1.87. The summed E-state index contributed by atoms with van der Waals surface area (Å²) in [4.78, 5) is 46.5. The van der Waals surface area contributed by atoms with E-state index in [0.29, 0.717) is 164 Å². The Kier molecular flexibility index (Phi) is 40.1. The van der Waals surface area contributed by atoms with Gasteiger partial charge in [0, 0.05) is 45.6 Å². The Morgan fingerprint density at radius 3 is 1.31 bits per heavy atom. The highest BCUT2D eigenvalue weighted by Crippen LogP contribution is 1.98. The second kappa shape index (κ2) is 42.1. The van der Waals surface area contributed by atoms with Crippen LogP contribution in [0.2, 0.25) is 0 Å². The van der Waals surface area contributed by atoms with Gasteiger partial charge in [0.15, 0.2) is 0 Å². The summed E-state index contributed by atoms with van der Waals surface area (Å²) >= 11 is 0. The van der Waals surface area contributed by atoms with Crippen LogP contribution in [0.1, 0.15) is 19.3 Å². The van der Waals surface area contributed by atoms with Gasteiger partial charge in [-0.15, -0.1) is 0 Å². The molecule has 0 radical (unpaired) electrons. The molecule has 3 N–H and O–H groups in total. The van der Waals surface area contributed by atoms with Crippen molar-refractivity contribution in [2.24, 2.45) is 0 Å². The summed E-state index contributed by atoms with van der Waals surface area (Å²) < 4.78 is 54.9. The quantitative estimate of drug-likeness (QED) is 0.0478. The van der Waals surface area contributed by atoms with Crippen LogP contribution in [-0.4, -0.2) is 201 Å². The van der Waals surface area contributed by atoms with E-state index in [-0.39, 0.29) is 37.7 Å². The number of carbonyl (C=O) groups excluding carboxylic acids is 4. The van der Waals surface area contributed by atoms with E-state index >= 15 is 0 Å². The van der Waals surface area contributed by atoms with Crippen molar-refractivity contribution in [1.82, 2.24) is 20.9 Å². The Hall–Kier alpha value is -2.36. The van der Waals surface area contributed by atoms with Gasteiger partial charge in [-0.3, -0.25) is 14.4 Å². The molecule has 0 fully saturated rings. The van der Waals surface area contributed by atoms with Crippen LogP contribution in [0.5, 0.6) is 0 Å². The van der Waals surface area contributed by atoms with Crippen molar-refractivity contribution >= 4 is 24.5 Å². The molecule has 0 aromatic heterocycles. The number of amides is 3. The molecular weight excluding hydrogens is 676 g/mol. The van der Waals surface area contributed by atoms with Crippen LogP contribution in [0.15, 0.2) is 0 Å². The first-order valence-corrected chi connectivity index (χ1v) is 17.7.